The fourth-order valence-corrected chi connectivity index (χ4v) is 9.59. The summed E-state index contributed by atoms with van der Waals surface area (Å²) in [7, 11) is 0. The van der Waals surface area contributed by atoms with Gasteiger partial charge in [0.05, 0.1) is 5.76 Å². The minimum Gasteiger partial charge on any atom is -0.512 e. The Morgan fingerprint density at radius 3 is 2.11 bits per heavy atom. The summed E-state index contributed by atoms with van der Waals surface area (Å²) in [6.45, 7) is 29.2. The first-order valence-corrected chi connectivity index (χ1v) is 21.0. The summed E-state index contributed by atoms with van der Waals surface area (Å²) in [5, 5.41) is 13.3. The number of thiophene rings is 1. The molecule has 4 nitrogen and oxygen atoms in total. The molecule has 55 heavy (non-hydrogen) atoms. The van der Waals surface area contributed by atoms with Crippen molar-refractivity contribution in [2.24, 2.45) is 22.7 Å². The second-order valence-electron chi connectivity index (χ2n) is 18.4. The van der Waals surface area contributed by atoms with Crippen molar-refractivity contribution in [3.8, 4) is 21.7 Å². The first-order chi connectivity index (χ1) is 25.3. The van der Waals surface area contributed by atoms with E-state index in [9.17, 15) is 9.90 Å². The number of hydrogen-bond acceptors (Lipinski definition) is 5. The molecule has 0 unspecified atom stereocenters. The van der Waals surface area contributed by atoms with Gasteiger partial charge in [-0.2, -0.15) is 0 Å². The fourth-order valence-electron chi connectivity index (χ4n) is 8.21. The third kappa shape index (κ3) is 9.69. The number of allylic oxidation sites excluding steroid dienone is 2. The molecule has 5 aromatic rings. The SMILES string of the molecule is CCC(CC)C(=O)/C=C(\O)C(CC)CC.Cc1c(CC(C)(C)C)cc(CC(C)(C)C)cc1-c1sc2ncnc3c2c1C(C)(C)c1cc2ccccc2[c-]c1-3.[Ir]. The number of fused-ring (bicyclic) bond motifs is 3. The Bertz CT molecular complexity index is 2170. The van der Waals surface area contributed by atoms with Gasteiger partial charge in [-0.25, -0.2) is 4.98 Å². The molecule has 0 amide bonds. The van der Waals surface area contributed by atoms with Crippen molar-refractivity contribution in [1.82, 2.24) is 9.97 Å². The molecular weight excluding hydrogens is 873 g/mol. The molecule has 1 radical (unpaired) electrons. The maximum absolute atomic E-state index is 11.7. The molecule has 6 heteroatoms. The number of aliphatic hydroxyl groups is 1. The molecule has 0 saturated carbocycles. The predicted molar refractivity (Wildman–Crippen MR) is 232 cm³/mol. The molecule has 1 N–H and O–H groups in total. The van der Waals surface area contributed by atoms with E-state index in [4.69, 9.17) is 9.97 Å². The van der Waals surface area contributed by atoms with E-state index in [1.165, 1.54) is 55.1 Å². The third-order valence-corrected chi connectivity index (χ3v) is 12.3. The number of rotatable bonds is 10. The molecule has 6 rings (SSSR count). The van der Waals surface area contributed by atoms with Gasteiger partial charge in [-0.15, -0.1) is 34.9 Å². The van der Waals surface area contributed by atoms with Gasteiger partial charge in [0.2, 0.25) is 0 Å². The van der Waals surface area contributed by atoms with Gasteiger partial charge in [-0.1, -0.05) is 130 Å². The number of nitrogens with zero attached hydrogens (tertiary/aromatic N) is 2. The zero-order chi connectivity index (χ0) is 39.7. The van der Waals surface area contributed by atoms with Gasteiger partial charge in [-0.3, -0.25) is 9.78 Å². The summed E-state index contributed by atoms with van der Waals surface area (Å²) in [5.74, 6) is 0.547. The van der Waals surface area contributed by atoms with Crippen LogP contribution in [0.3, 0.4) is 0 Å². The number of aliphatic hydroxyl groups excluding tert-OH is 1. The first-order valence-electron chi connectivity index (χ1n) is 20.1. The quantitative estimate of drug-likeness (QED) is 0.0861. The zero-order valence-corrected chi connectivity index (χ0v) is 38.8. The Morgan fingerprint density at radius 1 is 0.891 bits per heavy atom. The summed E-state index contributed by atoms with van der Waals surface area (Å²) in [4.78, 5) is 23.8. The van der Waals surface area contributed by atoms with E-state index in [1.54, 1.807) is 6.33 Å². The van der Waals surface area contributed by atoms with Gasteiger partial charge in [0, 0.05) is 54.0 Å². The average Bonchev–Trinajstić information content (AvgIpc) is 3.49. The van der Waals surface area contributed by atoms with Crippen LogP contribution in [-0.2, 0) is 43.2 Å². The standard InChI is InChI=1S/C36H39N2S.C13H24O2.Ir/c1-21-25(19-35(5,6)7)14-22(18-34(2,3)4)15-26(21)32-30-29-31(37-20-38-33(29)39-32)27-16-23-12-10-11-13-24(23)17-28(27)36(30,8)9;1-5-10(6-2)12(14)9-13(15)11(7-3)8-4;/h10-15,17,20H,18-19H2,1-9H3;9-11,14H,5-8H2,1-4H3;/q-1;;/b;12-9-;. The minimum absolute atomic E-state index is 0. The predicted octanol–water partition coefficient (Wildman–Crippen LogP) is 14.0. The van der Waals surface area contributed by atoms with Crippen LogP contribution in [0.5, 0.6) is 0 Å². The van der Waals surface area contributed by atoms with E-state index in [0.717, 1.165) is 60.0 Å². The van der Waals surface area contributed by atoms with Crippen LogP contribution in [0.1, 0.15) is 137 Å². The first kappa shape index (κ1) is 44.5. The van der Waals surface area contributed by atoms with Crippen LogP contribution < -0.4 is 0 Å². The van der Waals surface area contributed by atoms with Crippen LogP contribution in [-0.4, -0.2) is 20.9 Å². The number of benzene rings is 3. The van der Waals surface area contributed by atoms with Gasteiger partial charge in [0.15, 0.2) is 5.78 Å². The van der Waals surface area contributed by atoms with Gasteiger partial charge >= 0.3 is 0 Å². The number of ketones is 1. The Hall–Kier alpha value is -3.18. The Balaban J connectivity index is 0.000000360. The van der Waals surface area contributed by atoms with E-state index in [2.05, 4.69) is 111 Å². The Kier molecular flexibility index (Phi) is 14.2. The summed E-state index contributed by atoms with van der Waals surface area (Å²) in [5.41, 5.74) is 10.7. The van der Waals surface area contributed by atoms with Crippen LogP contribution in [0.2, 0.25) is 0 Å². The maximum atomic E-state index is 11.7. The number of carbonyl (C=O) groups excluding carboxylic acids is 1. The summed E-state index contributed by atoms with van der Waals surface area (Å²) < 4.78 is 0. The Labute approximate surface area is 349 Å². The molecule has 0 spiro atoms. The topological polar surface area (TPSA) is 63.1 Å². The monoisotopic (exact) mass is 936 g/mol. The Morgan fingerprint density at radius 2 is 1.51 bits per heavy atom. The second kappa shape index (κ2) is 17.5. The van der Waals surface area contributed by atoms with E-state index in [0.29, 0.717) is 0 Å². The number of aromatic nitrogens is 2. The van der Waals surface area contributed by atoms with Crippen molar-refractivity contribution in [2.75, 3.05) is 0 Å². The fraction of sp³-hybridized carbons (Fsp3) is 0.490. The van der Waals surface area contributed by atoms with E-state index < -0.39 is 0 Å². The molecule has 1 aliphatic rings. The van der Waals surface area contributed by atoms with Crippen molar-refractivity contribution >= 4 is 38.1 Å². The van der Waals surface area contributed by atoms with Crippen LogP contribution in [0.4, 0.5) is 0 Å². The van der Waals surface area contributed by atoms with Crippen LogP contribution in [0.15, 0.2) is 60.6 Å². The maximum Gasteiger partial charge on any atom is 0.162 e. The smallest absolute Gasteiger partial charge is 0.162 e. The summed E-state index contributed by atoms with van der Waals surface area (Å²) in [6, 6.07) is 19.6. The van der Waals surface area contributed by atoms with Crippen molar-refractivity contribution < 1.29 is 30.0 Å². The normalized spacial score (nSPS) is 13.8. The second-order valence-corrected chi connectivity index (χ2v) is 19.4. The zero-order valence-electron chi connectivity index (χ0n) is 35.6. The van der Waals surface area contributed by atoms with E-state index >= 15 is 0 Å². The molecule has 3 aromatic carbocycles. The molecule has 297 valence electrons. The summed E-state index contributed by atoms with van der Waals surface area (Å²) >= 11 is 1.84. The van der Waals surface area contributed by atoms with Crippen molar-refractivity contribution in [3.05, 3.63) is 94.5 Å². The van der Waals surface area contributed by atoms with Crippen LogP contribution in [0.25, 0.3) is 42.7 Å². The molecule has 0 fully saturated rings. The van der Waals surface area contributed by atoms with Gasteiger partial charge < -0.3 is 5.11 Å². The molecule has 2 heterocycles. The number of hydrogen-bond donors (Lipinski definition) is 1. The van der Waals surface area contributed by atoms with E-state index in [1.807, 2.05) is 39.0 Å². The summed E-state index contributed by atoms with van der Waals surface area (Å²) in [6.07, 6.45) is 8.75. The van der Waals surface area contributed by atoms with Crippen molar-refractivity contribution in [1.29, 1.82) is 0 Å². The van der Waals surface area contributed by atoms with Gasteiger partial charge in [0.25, 0.3) is 0 Å². The minimum atomic E-state index is -0.210. The van der Waals surface area contributed by atoms with Gasteiger partial charge in [0.1, 0.15) is 11.2 Å². The van der Waals surface area contributed by atoms with Gasteiger partial charge in [-0.05, 0) is 89.5 Å². The molecule has 0 bridgehead atoms. The molecule has 2 aromatic heterocycles. The molecule has 0 aliphatic heterocycles. The van der Waals surface area contributed by atoms with Crippen molar-refractivity contribution in [3.63, 3.8) is 0 Å². The third-order valence-electron chi connectivity index (χ3n) is 11.2. The largest absolute Gasteiger partial charge is 0.512 e. The molecule has 0 atom stereocenters. The van der Waals surface area contributed by atoms with Crippen molar-refractivity contribution in [2.45, 2.75) is 134 Å². The van der Waals surface area contributed by atoms with E-state index in [-0.39, 0.29) is 59.7 Å². The van der Waals surface area contributed by atoms with Crippen LogP contribution >= 0.6 is 11.3 Å². The molecular formula is C49H63IrN2O2S-. The van der Waals surface area contributed by atoms with Crippen LogP contribution in [0, 0.1) is 35.7 Å². The molecule has 1 aliphatic carbocycles. The molecule has 0 saturated heterocycles. The average molecular weight is 936 g/mol. The number of carbonyl (C=O) groups is 1.